The molecule has 1 heterocycles. The van der Waals surface area contributed by atoms with Crippen molar-refractivity contribution >= 4 is 29.6 Å². The average molecular weight is 391 g/mol. The molecule has 0 aromatic heterocycles. The van der Waals surface area contributed by atoms with E-state index in [4.69, 9.17) is 4.74 Å². The van der Waals surface area contributed by atoms with Crippen LogP contribution in [-0.4, -0.2) is 29.6 Å². The first-order valence-electron chi connectivity index (χ1n) is 9.18. The number of esters is 1. The third-order valence-electron chi connectivity index (χ3n) is 4.66. The molecule has 2 aromatic carbocycles. The lowest BCUT2D eigenvalue weighted by Crippen LogP contribution is -2.24. The Labute approximate surface area is 168 Å². The monoisotopic (exact) mass is 391 g/mol. The highest BCUT2D eigenvalue weighted by molar-refractivity contribution is 6.24. The lowest BCUT2D eigenvalue weighted by atomic mass is 10.0. The fourth-order valence-electron chi connectivity index (χ4n) is 3.26. The van der Waals surface area contributed by atoms with Crippen molar-refractivity contribution in [3.8, 4) is 0 Å². The number of hydrogen-bond donors (Lipinski definition) is 1. The summed E-state index contributed by atoms with van der Waals surface area (Å²) in [5.41, 5.74) is 2.73. The largest absolute Gasteiger partial charge is 0.478 e. The Balaban J connectivity index is 2.17. The number of aromatic carboxylic acids is 1. The molecule has 0 radical (unpaired) electrons. The van der Waals surface area contributed by atoms with Crippen molar-refractivity contribution in [2.24, 2.45) is 0 Å². The summed E-state index contributed by atoms with van der Waals surface area (Å²) in [5, 5.41) is 9.44. The van der Waals surface area contributed by atoms with Gasteiger partial charge in [0.15, 0.2) is 0 Å². The molecule has 6 nitrogen and oxygen atoms in total. The van der Waals surface area contributed by atoms with E-state index in [1.807, 2.05) is 19.1 Å². The fourth-order valence-corrected chi connectivity index (χ4v) is 3.26. The molecule has 0 atom stereocenters. The number of amides is 1. The number of aryl methyl sites for hydroxylation is 1. The SMILES string of the molecule is CCOC(=O)C1=C(C)N(c2ccc(C)cc2)C(=O)/C1=C\c1ccccc1C(=O)O. The Morgan fingerprint density at radius 2 is 1.72 bits per heavy atom. The number of carboxylic acid groups (broad SMARTS) is 1. The van der Waals surface area contributed by atoms with Crippen LogP contribution in [-0.2, 0) is 14.3 Å². The third kappa shape index (κ3) is 3.82. The topological polar surface area (TPSA) is 83.9 Å². The summed E-state index contributed by atoms with van der Waals surface area (Å²) in [6.45, 7) is 5.46. The average Bonchev–Trinajstić information content (AvgIpc) is 2.93. The second-order valence-corrected chi connectivity index (χ2v) is 6.61. The number of allylic oxidation sites excluding steroid dienone is 1. The van der Waals surface area contributed by atoms with Gasteiger partial charge in [0.05, 0.1) is 23.3 Å². The van der Waals surface area contributed by atoms with Crippen LogP contribution in [0.4, 0.5) is 5.69 Å². The maximum absolute atomic E-state index is 13.3. The van der Waals surface area contributed by atoms with Gasteiger partial charge in [-0.15, -0.1) is 0 Å². The Morgan fingerprint density at radius 1 is 1.07 bits per heavy atom. The van der Waals surface area contributed by atoms with Crippen molar-refractivity contribution < 1.29 is 24.2 Å². The normalized spacial score (nSPS) is 15.2. The first kappa shape index (κ1) is 20.1. The Kier molecular flexibility index (Phi) is 5.64. The Bertz CT molecular complexity index is 1050. The van der Waals surface area contributed by atoms with Crippen LogP contribution in [0.25, 0.3) is 6.08 Å². The van der Waals surface area contributed by atoms with E-state index in [9.17, 15) is 19.5 Å². The van der Waals surface area contributed by atoms with Crippen molar-refractivity contribution in [3.05, 3.63) is 82.1 Å². The number of rotatable bonds is 5. The van der Waals surface area contributed by atoms with Crippen LogP contribution in [0, 0.1) is 6.92 Å². The van der Waals surface area contributed by atoms with E-state index >= 15 is 0 Å². The first-order chi connectivity index (χ1) is 13.8. The number of carbonyl (C=O) groups excluding carboxylic acids is 2. The molecule has 0 bridgehead atoms. The molecule has 1 N–H and O–H groups in total. The minimum atomic E-state index is -1.11. The van der Waals surface area contributed by atoms with E-state index in [2.05, 4.69) is 0 Å². The molecule has 0 saturated heterocycles. The second-order valence-electron chi connectivity index (χ2n) is 6.61. The standard InChI is InChI=1S/C23H21NO5/c1-4-29-23(28)20-15(3)24(17-11-9-14(2)10-12-17)21(25)19(20)13-16-7-5-6-8-18(16)22(26)27/h5-13H,4H2,1-3H3,(H,26,27)/b19-13-. The van der Waals surface area contributed by atoms with Gasteiger partial charge < -0.3 is 9.84 Å². The van der Waals surface area contributed by atoms with Crippen molar-refractivity contribution in [2.75, 3.05) is 11.5 Å². The Hall–Kier alpha value is -3.67. The van der Waals surface area contributed by atoms with Gasteiger partial charge in [0.2, 0.25) is 0 Å². The molecular weight excluding hydrogens is 370 g/mol. The minimum Gasteiger partial charge on any atom is -0.478 e. The van der Waals surface area contributed by atoms with Gasteiger partial charge in [-0.1, -0.05) is 35.9 Å². The maximum atomic E-state index is 13.3. The van der Waals surface area contributed by atoms with E-state index in [0.29, 0.717) is 16.9 Å². The molecule has 0 saturated carbocycles. The van der Waals surface area contributed by atoms with Gasteiger partial charge in [0.1, 0.15) is 0 Å². The summed E-state index contributed by atoms with van der Waals surface area (Å²) < 4.78 is 5.16. The van der Waals surface area contributed by atoms with Crippen LogP contribution in [0.5, 0.6) is 0 Å². The molecule has 6 heteroatoms. The zero-order valence-electron chi connectivity index (χ0n) is 16.4. The van der Waals surface area contributed by atoms with Gasteiger partial charge in [0.25, 0.3) is 5.91 Å². The van der Waals surface area contributed by atoms with Crippen LogP contribution in [0.3, 0.4) is 0 Å². The molecule has 0 unspecified atom stereocenters. The maximum Gasteiger partial charge on any atom is 0.340 e. The predicted octanol–water partition coefficient (Wildman–Crippen LogP) is 3.96. The lowest BCUT2D eigenvalue weighted by molar-refractivity contribution is -0.138. The number of anilines is 1. The smallest absolute Gasteiger partial charge is 0.340 e. The summed E-state index contributed by atoms with van der Waals surface area (Å²) in [4.78, 5) is 38.9. The first-order valence-corrected chi connectivity index (χ1v) is 9.18. The quantitative estimate of drug-likeness (QED) is 0.616. The third-order valence-corrected chi connectivity index (χ3v) is 4.66. The van der Waals surface area contributed by atoms with Crippen LogP contribution < -0.4 is 4.90 Å². The minimum absolute atomic E-state index is 0.0439. The van der Waals surface area contributed by atoms with E-state index in [1.54, 1.807) is 44.2 Å². The van der Waals surface area contributed by atoms with Crippen molar-refractivity contribution in [1.82, 2.24) is 0 Å². The molecule has 2 aromatic rings. The molecule has 1 amide bonds. The van der Waals surface area contributed by atoms with Gasteiger partial charge in [-0.2, -0.15) is 0 Å². The molecule has 0 aliphatic carbocycles. The number of carboxylic acids is 1. The zero-order valence-corrected chi connectivity index (χ0v) is 16.4. The zero-order chi connectivity index (χ0) is 21.1. The van der Waals surface area contributed by atoms with Crippen molar-refractivity contribution in [1.29, 1.82) is 0 Å². The molecule has 0 spiro atoms. The summed E-state index contributed by atoms with van der Waals surface area (Å²) >= 11 is 0. The van der Waals surface area contributed by atoms with Crippen molar-refractivity contribution in [2.45, 2.75) is 20.8 Å². The van der Waals surface area contributed by atoms with Crippen LogP contribution in [0.15, 0.2) is 65.4 Å². The molecule has 1 aliphatic heterocycles. The van der Waals surface area contributed by atoms with Gasteiger partial charge >= 0.3 is 11.9 Å². The predicted molar refractivity (Wildman–Crippen MR) is 109 cm³/mol. The number of benzene rings is 2. The van der Waals surface area contributed by atoms with Crippen molar-refractivity contribution in [3.63, 3.8) is 0 Å². The summed E-state index contributed by atoms with van der Waals surface area (Å²) in [5.74, 6) is -2.14. The van der Waals surface area contributed by atoms with E-state index in [1.165, 1.54) is 17.0 Å². The molecule has 3 rings (SSSR count). The highest BCUT2D eigenvalue weighted by atomic mass is 16.5. The highest BCUT2D eigenvalue weighted by Crippen LogP contribution is 2.35. The number of ether oxygens (including phenoxy) is 1. The summed E-state index contributed by atoms with van der Waals surface area (Å²) in [6, 6.07) is 13.7. The van der Waals surface area contributed by atoms with E-state index in [0.717, 1.165) is 5.56 Å². The second kappa shape index (κ2) is 8.14. The van der Waals surface area contributed by atoms with Gasteiger partial charge in [-0.05, 0) is 50.6 Å². The van der Waals surface area contributed by atoms with Crippen LogP contribution >= 0.6 is 0 Å². The van der Waals surface area contributed by atoms with E-state index < -0.39 is 17.8 Å². The fraction of sp³-hybridized carbons (Fsp3) is 0.174. The number of nitrogens with zero attached hydrogens (tertiary/aromatic N) is 1. The molecular formula is C23H21NO5. The molecule has 0 fully saturated rings. The van der Waals surface area contributed by atoms with E-state index in [-0.39, 0.29) is 23.3 Å². The van der Waals surface area contributed by atoms with Gasteiger partial charge in [0, 0.05) is 11.4 Å². The summed E-state index contributed by atoms with van der Waals surface area (Å²) in [6.07, 6.45) is 1.44. The van der Waals surface area contributed by atoms with Crippen LogP contribution in [0.2, 0.25) is 0 Å². The summed E-state index contributed by atoms with van der Waals surface area (Å²) in [7, 11) is 0. The van der Waals surface area contributed by atoms with Crippen LogP contribution in [0.1, 0.15) is 35.3 Å². The number of carbonyl (C=O) groups is 3. The molecule has 1 aliphatic rings. The molecule has 148 valence electrons. The highest BCUT2D eigenvalue weighted by Gasteiger charge is 2.38. The van der Waals surface area contributed by atoms with Gasteiger partial charge in [-0.3, -0.25) is 9.69 Å². The van der Waals surface area contributed by atoms with Gasteiger partial charge in [-0.25, -0.2) is 9.59 Å². The lowest BCUT2D eigenvalue weighted by Gasteiger charge is -2.18. The molecule has 29 heavy (non-hydrogen) atoms. The Morgan fingerprint density at radius 3 is 2.34 bits per heavy atom. The number of hydrogen-bond acceptors (Lipinski definition) is 4.